The lowest BCUT2D eigenvalue weighted by atomic mass is 9.96. The largest absolute Gasteiger partial charge is 0.497 e. The molecular formula is C23H20N2O4. The smallest absolute Gasteiger partial charge is 0.330 e. The minimum absolute atomic E-state index is 0.248. The number of carbonyl (C=O) groups excluding carboxylic acids is 1. The Morgan fingerprint density at radius 1 is 0.931 bits per heavy atom. The number of rotatable bonds is 9. The Hall–Kier alpha value is -4.03. The Morgan fingerprint density at radius 2 is 1.45 bits per heavy atom. The first-order valence-corrected chi connectivity index (χ1v) is 8.84. The molecule has 0 aliphatic rings. The van der Waals surface area contributed by atoms with Gasteiger partial charge in [0.15, 0.2) is 0 Å². The fraction of sp³-hybridized carbons (Fsp3) is 0.174. The van der Waals surface area contributed by atoms with Crippen LogP contribution in [-0.4, -0.2) is 26.3 Å². The van der Waals surface area contributed by atoms with E-state index in [0.29, 0.717) is 35.7 Å². The van der Waals surface area contributed by atoms with Crippen molar-refractivity contribution < 1.29 is 19.0 Å². The van der Waals surface area contributed by atoms with Crippen molar-refractivity contribution in [2.75, 3.05) is 20.3 Å². The molecular weight excluding hydrogens is 368 g/mol. The van der Waals surface area contributed by atoms with Gasteiger partial charge < -0.3 is 14.2 Å². The first kappa shape index (κ1) is 21.3. The Kier molecular flexibility index (Phi) is 8.04. The van der Waals surface area contributed by atoms with Crippen molar-refractivity contribution in [1.82, 2.24) is 0 Å². The van der Waals surface area contributed by atoms with Gasteiger partial charge in [0.05, 0.1) is 31.5 Å². The van der Waals surface area contributed by atoms with Crippen LogP contribution in [-0.2, 0) is 9.53 Å². The highest BCUT2D eigenvalue weighted by Gasteiger charge is 2.12. The predicted molar refractivity (Wildman–Crippen MR) is 109 cm³/mol. The zero-order valence-electron chi connectivity index (χ0n) is 16.1. The third-order valence-electron chi connectivity index (χ3n) is 3.96. The average molecular weight is 388 g/mol. The highest BCUT2D eigenvalue weighted by atomic mass is 16.5. The molecule has 2 rings (SSSR count). The summed E-state index contributed by atoms with van der Waals surface area (Å²) >= 11 is 0. The summed E-state index contributed by atoms with van der Waals surface area (Å²) in [5.74, 6) is 0.824. The first-order chi connectivity index (χ1) is 14.1. The van der Waals surface area contributed by atoms with Crippen LogP contribution in [0.3, 0.4) is 0 Å². The Morgan fingerprint density at radius 3 is 1.90 bits per heavy atom. The molecule has 0 saturated heterocycles. The van der Waals surface area contributed by atoms with Crippen LogP contribution >= 0.6 is 0 Å². The number of nitrogens with zero attached hydrogens (tertiary/aromatic N) is 2. The molecule has 0 heterocycles. The van der Waals surface area contributed by atoms with Crippen LogP contribution in [0.15, 0.2) is 61.2 Å². The fourth-order valence-electron chi connectivity index (χ4n) is 2.49. The second kappa shape index (κ2) is 11.0. The van der Waals surface area contributed by atoms with E-state index < -0.39 is 5.97 Å². The maximum absolute atomic E-state index is 10.9. The second-order valence-electron chi connectivity index (χ2n) is 5.80. The van der Waals surface area contributed by atoms with Gasteiger partial charge in [0.25, 0.3) is 0 Å². The summed E-state index contributed by atoms with van der Waals surface area (Å²) < 4.78 is 15.6. The number of methoxy groups -OCH3 is 1. The molecule has 0 bridgehead atoms. The molecule has 0 aliphatic heterocycles. The van der Waals surface area contributed by atoms with E-state index in [1.54, 1.807) is 55.6 Å². The molecule has 0 fully saturated rings. The van der Waals surface area contributed by atoms with Gasteiger partial charge in [-0.2, -0.15) is 10.5 Å². The van der Waals surface area contributed by atoms with Crippen molar-refractivity contribution >= 4 is 17.1 Å². The SMILES string of the molecule is C=CC(=O)OCCCOc1ccc(C(C#N)=C(C#N)c2ccc(OC)cc2)cc1. The van der Waals surface area contributed by atoms with E-state index in [1.165, 1.54) is 0 Å². The van der Waals surface area contributed by atoms with Crippen molar-refractivity contribution in [3.8, 4) is 23.6 Å². The van der Waals surface area contributed by atoms with Crippen LogP contribution in [0.1, 0.15) is 17.5 Å². The predicted octanol–water partition coefficient (Wildman–Crippen LogP) is 4.15. The molecule has 0 N–H and O–H groups in total. The number of esters is 1. The van der Waals surface area contributed by atoms with Gasteiger partial charge in [-0.05, 0) is 59.7 Å². The van der Waals surface area contributed by atoms with Gasteiger partial charge in [0, 0.05) is 12.5 Å². The topological polar surface area (TPSA) is 92.3 Å². The number of ether oxygens (including phenoxy) is 3. The minimum Gasteiger partial charge on any atom is -0.497 e. The molecule has 146 valence electrons. The summed E-state index contributed by atoms with van der Waals surface area (Å²) in [4.78, 5) is 10.9. The number of allylic oxidation sites excluding steroid dienone is 2. The molecule has 0 saturated carbocycles. The van der Waals surface area contributed by atoms with Gasteiger partial charge >= 0.3 is 5.97 Å². The first-order valence-electron chi connectivity index (χ1n) is 8.84. The summed E-state index contributed by atoms with van der Waals surface area (Å²) in [6.45, 7) is 3.95. The van der Waals surface area contributed by atoms with Gasteiger partial charge in [-0.15, -0.1) is 0 Å². The third kappa shape index (κ3) is 5.98. The Bertz CT molecular complexity index is 962. The molecule has 6 nitrogen and oxygen atoms in total. The fourth-order valence-corrected chi connectivity index (χ4v) is 2.49. The lowest BCUT2D eigenvalue weighted by molar-refractivity contribution is -0.137. The Balaban J connectivity index is 2.09. The molecule has 0 atom stereocenters. The quantitative estimate of drug-likeness (QED) is 0.211. The van der Waals surface area contributed by atoms with E-state index in [1.807, 2.05) is 0 Å². The van der Waals surface area contributed by atoms with Crippen molar-refractivity contribution in [2.45, 2.75) is 6.42 Å². The van der Waals surface area contributed by atoms with Crippen molar-refractivity contribution in [3.05, 3.63) is 72.3 Å². The molecule has 6 heteroatoms. The van der Waals surface area contributed by atoms with Gasteiger partial charge in [0.1, 0.15) is 23.6 Å². The van der Waals surface area contributed by atoms with Gasteiger partial charge in [-0.25, -0.2) is 4.79 Å². The summed E-state index contributed by atoms with van der Waals surface area (Å²) in [6.07, 6.45) is 1.65. The summed E-state index contributed by atoms with van der Waals surface area (Å²) in [6, 6.07) is 18.1. The number of carbonyl (C=O) groups is 1. The normalized spacial score (nSPS) is 10.7. The number of hydrogen-bond donors (Lipinski definition) is 0. The molecule has 29 heavy (non-hydrogen) atoms. The van der Waals surface area contributed by atoms with Crippen LogP contribution in [0.25, 0.3) is 11.1 Å². The molecule has 0 radical (unpaired) electrons. The van der Waals surface area contributed by atoms with E-state index in [2.05, 4.69) is 18.7 Å². The number of benzene rings is 2. The lowest BCUT2D eigenvalue weighted by Gasteiger charge is -2.08. The van der Waals surface area contributed by atoms with Gasteiger partial charge in [-0.3, -0.25) is 0 Å². The van der Waals surface area contributed by atoms with Crippen LogP contribution in [0.5, 0.6) is 11.5 Å². The molecule has 0 aromatic heterocycles. The van der Waals surface area contributed by atoms with Crippen molar-refractivity contribution in [3.63, 3.8) is 0 Å². The van der Waals surface area contributed by atoms with E-state index in [9.17, 15) is 15.3 Å². The lowest BCUT2D eigenvalue weighted by Crippen LogP contribution is -2.06. The van der Waals surface area contributed by atoms with Crippen LogP contribution in [0, 0.1) is 22.7 Å². The molecule has 2 aromatic rings. The summed E-state index contributed by atoms with van der Waals surface area (Å²) in [5.41, 5.74) is 1.82. The molecule has 0 spiro atoms. The highest BCUT2D eigenvalue weighted by molar-refractivity contribution is 6.02. The summed E-state index contributed by atoms with van der Waals surface area (Å²) in [7, 11) is 1.56. The maximum atomic E-state index is 10.9. The number of nitriles is 2. The van der Waals surface area contributed by atoms with E-state index in [-0.39, 0.29) is 17.8 Å². The Labute approximate surface area is 169 Å². The van der Waals surface area contributed by atoms with Crippen LogP contribution in [0.2, 0.25) is 0 Å². The monoisotopic (exact) mass is 388 g/mol. The third-order valence-corrected chi connectivity index (χ3v) is 3.96. The molecule has 0 amide bonds. The van der Waals surface area contributed by atoms with Crippen LogP contribution in [0.4, 0.5) is 0 Å². The van der Waals surface area contributed by atoms with E-state index in [0.717, 1.165) is 6.08 Å². The zero-order valence-corrected chi connectivity index (χ0v) is 16.1. The van der Waals surface area contributed by atoms with Crippen molar-refractivity contribution in [1.29, 1.82) is 10.5 Å². The molecule has 0 unspecified atom stereocenters. The molecule has 2 aromatic carbocycles. The number of hydrogen-bond acceptors (Lipinski definition) is 6. The average Bonchev–Trinajstić information content (AvgIpc) is 2.77. The standard InChI is InChI=1S/C23H20N2O4/c1-3-23(26)29-14-4-13-28-20-11-7-18(8-12-20)22(16-25)21(15-24)17-5-9-19(27-2)10-6-17/h3,5-12H,1,4,13-14H2,2H3. The van der Waals surface area contributed by atoms with Gasteiger partial charge in [0.2, 0.25) is 0 Å². The van der Waals surface area contributed by atoms with Crippen LogP contribution < -0.4 is 9.47 Å². The van der Waals surface area contributed by atoms with E-state index >= 15 is 0 Å². The molecule has 0 aliphatic carbocycles. The van der Waals surface area contributed by atoms with Crippen molar-refractivity contribution in [2.24, 2.45) is 0 Å². The minimum atomic E-state index is -0.463. The maximum Gasteiger partial charge on any atom is 0.330 e. The van der Waals surface area contributed by atoms with E-state index in [4.69, 9.17) is 14.2 Å². The van der Waals surface area contributed by atoms with Gasteiger partial charge in [-0.1, -0.05) is 6.58 Å². The highest BCUT2D eigenvalue weighted by Crippen LogP contribution is 2.28. The summed E-state index contributed by atoms with van der Waals surface area (Å²) in [5, 5.41) is 19.2. The second-order valence-corrected chi connectivity index (χ2v) is 5.80. The zero-order chi connectivity index (χ0) is 21.1.